The van der Waals surface area contributed by atoms with Gasteiger partial charge >= 0.3 is 0 Å². The zero-order valence-electron chi connectivity index (χ0n) is 16.6. The van der Waals surface area contributed by atoms with Gasteiger partial charge in [0.2, 0.25) is 11.8 Å². The van der Waals surface area contributed by atoms with E-state index in [0.717, 1.165) is 20.8 Å². The minimum Gasteiger partial charge on any atom is -0.491 e. The molecule has 0 spiro atoms. The molecule has 0 aliphatic carbocycles. The van der Waals surface area contributed by atoms with Crippen molar-refractivity contribution in [2.24, 2.45) is 0 Å². The Kier molecular flexibility index (Phi) is 5.09. The molecule has 3 aromatic carbocycles. The number of amides is 2. The predicted octanol–water partition coefficient (Wildman–Crippen LogP) is 4.72. The number of ether oxygens (including phenoxy) is 1. The van der Waals surface area contributed by atoms with Crippen LogP contribution in [-0.4, -0.2) is 29.9 Å². The molecule has 1 aliphatic rings. The Morgan fingerprint density at radius 3 is 2.81 bits per heavy atom. The Balaban J connectivity index is 1.35. The van der Waals surface area contributed by atoms with E-state index in [4.69, 9.17) is 4.74 Å². The summed E-state index contributed by atoms with van der Waals surface area (Å²) >= 11 is 1.61. The lowest BCUT2D eigenvalue weighted by Crippen LogP contribution is -2.37. The van der Waals surface area contributed by atoms with Crippen LogP contribution in [0.1, 0.15) is 6.42 Å². The Bertz CT molecular complexity index is 1250. The molecule has 4 aromatic rings. The van der Waals surface area contributed by atoms with Crippen molar-refractivity contribution in [3.63, 3.8) is 0 Å². The second kappa shape index (κ2) is 8.20. The van der Waals surface area contributed by atoms with Crippen molar-refractivity contribution in [3.05, 3.63) is 72.8 Å². The standard InChI is InChI=1S/C24H19N3O3S/c28-22(15-27-19-9-2-3-10-20(19)30-13-12-23(27)29)25-17-7-5-6-16(14-17)24-26-18-8-1-4-11-21(18)31-24/h1-11,14H,12-13,15H2,(H,25,28). The average molecular weight is 430 g/mol. The number of aromatic nitrogens is 1. The normalized spacial score (nSPS) is 13.4. The van der Waals surface area contributed by atoms with Gasteiger partial charge in [-0.25, -0.2) is 4.98 Å². The summed E-state index contributed by atoms with van der Waals surface area (Å²) in [6.45, 7) is 0.225. The molecule has 0 saturated carbocycles. The van der Waals surface area contributed by atoms with E-state index in [1.54, 1.807) is 23.5 Å². The van der Waals surface area contributed by atoms with Gasteiger partial charge in [0.05, 0.1) is 28.9 Å². The highest BCUT2D eigenvalue weighted by atomic mass is 32.1. The third-order valence-corrected chi connectivity index (χ3v) is 6.10. The topological polar surface area (TPSA) is 71.5 Å². The van der Waals surface area contributed by atoms with Gasteiger partial charge in [0.15, 0.2) is 0 Å². The van der Waals surface area contributed by atoms with E-state index in [1.807, 2.05) is 60.7 Å². The van der Waals surface area contributed by atoms with E-state index in [2.05, 4.69) is 10.3 Å². The van der Waals surface area contributed by atoms with Gasteiger partial charge in [-0.2, -0.15) is 0 Å². The number of benzene rings is 3. The number of para-hydroxylation sites is 3. The lowest BCUT2D eigenvalue weighted by Gasteiger charge is -2.21. The largest absolute Gasteiger partial charge is 0.491 e. The van der Waals surface area contributed by atoms with E-state index >= 15 is 0 Å². The SMILES string of the molecule is O=C(CN1C(=O)CCOc2ccccc21)Nc1cccc(-c2nc3ccccc3s2)c1. The zero-order chi connectivity index (χ0) is 21.2. The van der Waals surface area contributed by atoms with E-state index in [9.17, 15) is 9.59 Å². The minimum absolute atomic E-state index is 0.0788. The number of hydrogen-bond donors (Lipinski definition) is 1. The molecule has 0 saturated heterocycles. The number of fused-ring (bicyclic) bond motifs is 2. The van der Waals surface area contributed by atoms with Gasteiger partial charge in [-0.15, -0.1) is 11.3 Å². The highest BCUT2D eigenvalue weighted by Gasteiger charge is 2.25. The monoisotopic (exact) mass is 429 g/mol. The van der Waals surface area contributed by atoms with Gasteiger partial charge in [-0.3, -0.25) is 14.5 Å². The van der Waals surface area contributed by atoms with Crippen molar-refractivity contribution >= 4 is 44.7 Å². The number of nitrogens with zero attached hydrogens (tertiary/aromatic N) is 2. The summed E-state index contributed by atoms with van der Waals surface area (Å²) < 4.78 is 6.76. The van der Waals surface area contributed by atoms with Crippen molar-refractivity contribution in [1.29, 1.82) is 0 Å². The van der Waals surface area contributed by atoms with E-state index in [1.165, 1.54) is 4.90 Å². The van der Waals surface area contributed by atoms with Crippen molar-refractivity contribution in [2.45, 2.75) is 6.42 Å². The molecule has 0 bridgehead atoms. The maximum absolute atomic E-state index is 12.8. The third kappa shape index (κ3) is 4.00. The molecule has 1 N–H and O–H groups in total. The summed E-state index contributed by atoms with van der Waals surface area (Å²) in [6.07, 6.45) is 0.231. The van der Waals surface area contributed by atoms with Gasteiger partial charge in [-0.05, 0) is 36.4 Å². The summed E-state index contributed by atoms with van der Waals surface area (Å²) in [5.74, 6) is 0.203. The summed E-state index contributed by atoms with van der Waals surface area (Å²) in [5.41, 5.74) is 3.16. The van der Waals surface area contributed by atoms with Gasteiger partial charge in [0.1, 0.15) is 17.3 Å². The Hall–Kier alpha value is -3.71. The first-order chi connectivity index (χ1) is 15.2. The van der Waals surface area contributed by atoms with Crippen molar-refractivity contribution in [3.8, 4) is 16.3 Å². The summed E-state index contributed by atoms with van der Waals surface area (Å²) in [4.78, 5) is 31.5. The summed E-state index contributed by atoms with van der Waals surface area (Å²) in [5, 5.41) is 3.80. The molecule has 2 amide bonds. The quantitative estimate of drug-likeness (QED) is 0.510. The van der Waals surface area contributed by atoms with E-state index in [-0.39, 0.29) is 24.8 Å². The number of nitrogens with one attached hydrogen (secondary N) is 1. The molecular formula is C24H19N3O3S. The van der Waals surface area contributed by atoms with Crippen LogP contribution in [-0.2, 0) is 9.59 Å². The van der Waals surface area contributed by atoms with Crippen molar-refractivity contribution in [2.75, 3.05) is 23.4 Å². The highest BCUT2D eigenvalue weighted by molar-refractivity contribution is 7.21. The van der Waals surface area contributed by atoms with E-state index < -0.39 is 0 Å². The van der Waals surface area contributed by atoms with Gasteiger partial charge in [-0.1, -0.05) is 36.4 Å². The van der Waals surface area contributed by atoms with Crippen LogP contribution in [0.4, 0.5) is 11.4 Å². The third-order valence-electron chi connectivity index (χ3n) is 5.02. The summed E-state index contributed by atoms with van der Waals surface area (Å²) in [7, 11) is 0. The Morgan fingerprint density at radius 2 is 1.90 bits per heavy atom. The molecule has 154 valence electrons. The molecular weight excluding hydrogens is 410 g/mol. The van der Waals surface area contributed by atoms with Crippen molar-refractivity contribution < 1.29 is 14.3 Å². The second-order valence-electron chi connectivity index (χ2n) is 7.16. The molecule has 2 heterocycles. The molecule has 7 heteroatoms. The Morgan fingerprint density at radius 1 is 1.06 bits per heavy atom. The first-order valence-corrected chi connectivity index (χ1v) is 10.8. The summed E-state index contributed by atoms with van der Waals surface area (Å²) in [6, 6.07) is 22.9. The van der Waals surface area contributed by atoms with Crippen LogP contribution in [0.25, 0.3) is 20.8 Å². The fourth-order valence-electron chi connectivity index (χ4n) is 3.56. The maximum atomic E-state index is 12.8. The molecule has 0 atom stereocenters. The zero-order valence-corrected chi connectivity index (χ0v) is 17.4. The predicted molar refractivity (Wildman–Crippen MR) is 123 cm³/mol. The average Bonchev–Trinajstić information content (AvgIpc) is 3.16. The molecule has 5 rings (SSSR count). The smallest absolute Gasteiger partial charge is 0.244 e. The van der Waals surface area contributed by atoms with Crippen LogP contribution >= 0.6 is 11.3 Å². The van der Waals surface area contributed by atoms with Crippen molar-refractivity contribution in [1.82, 2.24) is 4.98 Å². The number of hydrogen-bond acceptors (Lipinski definition) is 5. The van der Waals surface area contributed by atoms with Crippen LogP contribution in [0.3, 0.4) is 0 Å². The lowest BCUT2D eigenvalue weighted by atomic mass is 10.2. The van der Waals surface area contributed by atoms with Crippen LogP contribution in [0.2, 0.25) is 0 Å². The highest BCUT2D eigenvalue weighted by Crippen LogP contribution is 2.32. The number of carbonyl (C=O) groups is 2. The molecule has 0 fully saturated rings. The van der Waals surface area contributed by atoms with Crippen LogP contribution in [0.5, 0.6) is 5.75 Å². The molecule has 31 heavy (non-hydrogen) atoms. The maximum Gasteiger partial charge on any atom is 0.244 e. The number of anilines is 2. The van der Waals surface area contributed by atoms with E-state index in [0.29, 0.717) is 23.7 Å². The molecule has 6 nitrogen and oxygen atoms in total. The first-order valence-electron chi connectivity index (χ1n) is 9.95. The number of thiazole rings is 1. The van der Waals surface area contributed by atoms with Crippen LogP contribution in [0.15, 0.2) is 72.8 Å². The second-order valence-corrected chi connectivity index (χ2v) is 8.19. The van der Waals surface area contributed by atoms with Gasteiger partial charge < -0.3 is 10.1 Å². The molecule has 1 aromatic heterocycles. The molecule has 0 radical (unpaired) electrons. The minimum atomic E-state index is -0.272. The number of carbonyl (C=O) groups excluding carboxylic acids is 2. The first kappa shape index (κ1) is 19.3. The fourth-order valence-corrected chi connectivity index (χ4v) is 4.52. The van der Waals surface area contributed by atoms with Gasteiger partial charge in [0.25, 0.3) is 0 Å². The number of rotatable bonds is 4. The molecule has 0 unspecified atom stereocenters. The Labute approximate surface area is 183 Å². The molecule has 1 aliphatic heterocycles. The van der Waals surface area contributed by atoms with Crippen LogP contribution < -0.4 is 15.0 Å². The fraction of sp³-hybridized carbons (Fsp3) is 0.125. The van der Waals surface area contributed by atoms with Crippen LogP contribution in [0, 0.1) is 0 Å². The van der Waals surface area contributed by atoms with Gasteiger partial charge in [0, 0.05) is 11.3 Å². The lowest BCUT2D eigenvalue weighted by molar-refractivity contribution is -0.121.